The van der Waals surface area contributed by atoms with E-state index >= 15 is 0 Å². The van der Waals surface area contributed by atoms with Crippen molar-refractivity contribution in [3.63, 3.8) is 0 Å². The molecule has 0 aliphatic heterocycles. The lowest BCUT2D eigenvalue weighted by Gasteiger charge is -2.05. The van der Waals surface area contributed by atoms with Crippen LogP contribution in [0.15, 0.2) is 53.6 Å². The van der Waals surface area contributed by atoms with Crippen molar-refractivity contribution in [2.45, 2.75) is 0 Å². The second-order valence-electron chi connectivity index (χ2n) is 4.15. The molecule has 5 nitrogen and oxygen atoms in total. The summed E-state index contributed by atoms with van der Waals surface area (Å²) in [7, 11) is 0. The summed E-state index contributed by atoms with van der Waals surface area (Å²) in [6, 6.07) is 12.4. The van der Waals surface area contributed by atoms with E-state index in [1.807, 2.05) is 5.43 Å². The van der Waals surface area contributed by atoms with Crippen molar-refractivity contribution in [3.8, 4) is 0 Å². The van der Waals surface area contributed by atoms with Gasteiger partial charge in [-0.05, 0) is 18.2 Å². The van der Waals surface area contributed by atoms with Crippen molar-refractivity contribution >= 4 is 35.3 Å². The normalized spacial score (nSPS) is 10.5. The first-order valence-corrected chi connectivity index (χ1v) is 6.59. The first kappa shape index (κ1) is 15.7. The van der Waals surface area contributed by atoms with Crippen molar-refractivity contribution in [1.29, 1.82) is 0 Å². The van der Waals surface area contributed by atoms with Gasteiger partial charge in [-0.25, -0.2) is 9.82 Å². The molecule has 0 unspecified atom stereocenters. The van der Waals surface area contributed by atoms with Crippen molar-refractivity contribution in [2.24, 2.45) is 5.10 Å². The average Bonchev–Trinajstić information content (AvgIpc) is 2.51. The summed E-state index contributed by atoms with van der Waals surface area (Å²) in [5.41, 5.74) is 2.50. The van der Waals surface area contributed by atoms with Gasteiger partial charge in [0.15, 0.2) is 0 Å². The minimum Gasteiger partial charge on any atom is -0.316 e. The van der Waals surface area contributed by atoms with E-state index in [4.69, 9.17) is 11.6 Å². The fourth-order valence-corrected chi connectivity index (χ4v) is 1.72. The molecule has 0 aliphatic carbocycles. The van der Waals surface area contributed by atoms with Crippen LogP contribution in [0, 0.1) is 5.82 Å². The van der Waals surface area contributed by atoms with Gasteiger partial charge in [-0.15, -0.1) is 0 Å². The first-order valence-electron chi connectivity index (χ1n) is 6.21. The quantitative estimate of drug-likeness (QED) is 0.518. The summed E-state index contributed by atoms with van der Waals surface area (Å²) in [6.45, 7) is 0. The van der Waals surface area contributed by atoms with Gasteiger partial charge in [0.25, 0.3) is 0 Å². The van der Waals surface area contributed by atoms with Crippen LogP contribution in [0.1, 0.15) is 5.56 Å². The Labute approximate surface area is 130 Å². The van der Waals surface area contributed by atoms with Crippen molar-refractivity contribution in [1.82, 2.24) is 5.43 Å². The number of nitrogens with zero attached hydrogens (tertiary/aromatic N) is 1. The molecule has 0 bridgehead atoms. The summed E-state index contributed by atoms with van der Waals surface area (Å²) in [6.07, 6.45) is 1.11. The number of nitrogens with one attached hydrogen (secondary N) is 2. The minimum atomic E-state index is -0.993. The summed E-state index contributed by atoms with van der Waals surface area (Å²) in [5.74, 6) is -2.41. The maximum Gasteiger partial charge on any atom is 0.329 e. The molecule has 0 fully saturated rings. The van der Waals surface area contributed by atoms with Crippen LogP contribution < -0.4 is 10.7 Å². The molecule has 2 aromatic carbocycles. The molecule has 0 radical (unpaired) electrons. The highest BCUT2D eigenvalue weighted by Gasteiger charge is 2.14. The summed E-state index contributed by atoms with van der Waals surface area (Å²) in [4.78, 5) is 23.2. The molecule has 112 valence electrons. The molecular formula is C15H11ClFN3O2. The lowest BCUT2D eigenvalue weighted by atomic mass is 10.2. The number of carbonyl (C=O) groups is 2. The summed E-state index contributed by atoms with van der Waals surface area (Å²) < 4.78 is 13.3. The predicted octanol–water partition coefficient (Wildman–Crippen LogP) is 2.57. The van der Waals surface area contributed by atoms with Crippen LogP contribution in [0.5, 0.6) is 0 Å². The molecule has 0 heterocycles. The van der Waals surface area contributed by atoms with Crippen LogP contribution in [-0.4, -0.2) is 18.0 Å². The number of hydrogen-bond acceptors (Lipinski definition) is 3. The smallest absolute Gasteiger partial charge is 0.316 e. The Hall–Kier alpha value is -2.73. The van der Waals surface area contributed by atoms with Gasteiger partial charge in [-0.3, -0.25) is 9.59 Å². The van der Waals surface area contributed by atoms with E-state index in [1.165, 1.54) is 18.2 Å². The van der Waals surface area contributed by atoms with E-state index in [0.29, 0.717) is 10.7 Å². The van der Waals surface area contributed by atoms with Crippen LogP contribution in [0.25, 0.3) is 0 Å². The fourth-order valence-electron chi connectivity index (χ4n) is 1.53. The molecule has 0 aromatic heterocycles. The molecule has 2 N–H and O–H groups in total. The standard InChI is InChI=1S/C15H11ClFN3O2/c16-11-6-2-4-8-13(11)19-14(21)15(22)20-18-9-10-5-1-3-7-12(10)17/h1-9H,(H,19,21)(H,20,22)/b18-9-. The molecule has 0 aliphatic rings. The molecule has 0 spiro atoms. The van der Waals surface area contributed by atoms with E-state index in [1.54, 1.807) is 30.3 Å². The Morgan fingerprint density at radius 3 is 2.45 bits per heavy atom. The zero-order valence-electron chi connectivity index (χ0n) is 11.2. The Bertz CT molecular complexity index is 734. The maximum absolute atomic E-state index is 13.3. The molecule has 0 atom stereocenters. The Morgan fingerprint density at radius 1 is 1.05 bits per heavy atom. The molecule has 0 saturated carbocycles. The molecular weight excluding hydrogens is 309 g/mol. The molecule has 22 heavy (non-hydrogen) atoms. The number of carbonyl (C=O) groups excluding carboxylic acids is 2. The summed E-state index contributed by atoms with van der Waals surface area (Å²) in [5, 5.41) is 6.17. The Kier molecular flexibility index (Phi) is 5.21. The highest BCUT2D eigenvalue weighted by atomic mass is 35.5. The predicted molar refractivity (Wildman–Crippen MR) is 82.2 cm³/mol. The van der Waals surface area contributed by atoms with Gasteiger partial charge in [0.1, 0.15) is 5.82 Å². The number of rotatable bonds is 3. The lowest BCUT2D eigenvalue weighted by molar-refractivity contribution is -0.136. The molecule has 2 amide bonds. The monoisotopic (exact) mass is 319 g/mol. The fraction of sp³-hybridized carbons (Fsp3) is 0. The number of halogens is 2. The SMILES string of the molecule is O=C(N/N=C\c1ccccc1F)C(=O)Nc1ccccc1Cl. The number of benzene rings is 2. The van der Waals surface area contributed by atoms with E-state index in [2.05, 4.69) is 10.4 Å². The highest BCUT2D eigenvalue weighted by Crippen LogP contribution is 2.20. The highest BCUT2D eigenvalue weighted by molar-refractivity contribution is 6.41. The van der Waals surface area contributed by atoms with Crippen LogP contribution >= 0.6 is 11.6 Å². The average molecular weight is 320 g/mol. The molecule has 0 saturated heterocycles. The first-order chi connectivity index (χ1) is 10.6. The van der Waals surface area contributed by atoms with Crippen LogP contribution in [0.4, 0.5) is 10.1 Å². The van der Waals surface area contributed by atoms with E-state index in [0.717, 1.165) is 6.21 Å². The molecule has 2 aromatic rings. The minimum absolute atomic E-state index is 0.189. The maximum atomic E-state index is 13.3. The zero-order valence-corrected chi connectivity index (χ0v) is 12.0. The van der Waals surface area contributed by atoms with E-state index < -0.39 is 17.6 Å². The lowest BCUT2D eigenvalue weighted by Crippen LogP contribution is -2.32. The number of amides is 2. The number of hydrazone groups is 1. The largest absolute Gasteiger partial charge is 0.329 e. The topological polar surface area (TPSA) is 70.6 Å². The van der Waals surface area contributed by atoms with Crippen LogP contribution in [0.3, 0.4) is 0 Å². The van der Waals surface area contributed by atoms with Gasteiger partial charge in [0, 0.05) is 5.56 Å². The van der Waals surface area contributed by atoms with Gasteiger partial charge >= 0.3 is 11.8 Å². The molecule has 7 heteroatoms. The van der Waals surface area contributed by atoms with Gasteiger partial charge in [-0.1, -0.05) is 41.9 Å². The Morgan fingerprint density at radius 2 is 1.73 bits per heavy atom. The van der Waals surface area contributed by atoms with E-state index in [-0.39, 0.29) is 5.56 Å². The van der Waals surface area contributed by atoms with Crippen molar-refractivity contribution in [3.05, 3.63) is 64.9 Å². The van der Waals surface area contributed by atoms with Gasteiger partial charge in [0.05, 0.1) is 16.9 Å². The van der Waals surface area contributed by atoms with E-state index in [9.17, 15) is 14.0 Å². The van der Waals surface area contributed by atoms with Crippen LogP contribution in [-0.2, 0) is 9.59 Å². The molecule has 2 rings (SSSR count). The van der Waals surface area contributed by atoms with Gasteiger partial charge in [0.2, 0.25) is 0 Å². The second-order valence-corrected chi connectivity index (χ2v) is 4.56. The van der Waals surface area contributed by atoms with Crippen molar-refractivity contribution < 1.29 is 14.0 Å². The van der Waals surface area contributed by atoms with Crippen LogP contribution in [0.2, 0.25) is 5.02 Å². The van der Waals surface area contributed by atoms with Gasteiger partial charge < -0.3 is 5.32 Å². The van der Waals surface area contributed by atoms with Gasteiger partial charge in [-0.2, -0.15) is 5.10 Å². The zero-order chi connectivity index (χ0) is 15.9. The number of para-hydroxylation sites is 1. The third kappa shape index (κ3) is 4.13. The summed E-state index contributed by atoms with van der Waals surface area (Å²) >= 11 is 5.86. The van der Waals surface area contributed by atoms with Crippen molar-refractivity contribution in [2.75, 3.05) is 5.32 Å². The third-order valence-corrected chi connectivity index (χ3v) is 2.93. The third-order valence-electron chi connectivity index (χ3n) is 2.60. The number of hydrogen-bond donors (Lipinski definition) is 2. The number of anilines is 1. The second kappa shape index (κ2) is 7.33. The Balaban J connectivity index is 1.94.